The van der Waals surface area contributed by atoms with Crippen LogP contribution in [0.25, 0.3) is 0 Å². The van der Waals surface area contributed by atoms with Gasteiger partial charge >= 0.3 is 6.18 Å². The third-order valence-corrected chi connectivity index (χ3v) is 3.96. The molecule has 1 aromatic carbocycles. The topological polar surface area (TPSA) is 79.0 Å². The molecule has 6 nitrogen and oxygen atoms in total. The lowest BCUT2D eigenvalue weighted by molar-refractivity contribution is -0.153. The van der Waals surface area contributed by atoms with Crippen LogP contribution in [0, 0.1) is 6.92 Å². The largest absolute Gasteiger partial charge is 0.484 e. The number of hydrogen-bond acceptors (Lipinski definition) is 4. The van der Waals surface area contributed by atoms with Gasteiger partial charge in [-0.15, -0.1) is 24.0 Å². The predicted octanol–water partition coefficient (Wildman–Crippen LogP) is 4.11. The van der Waals surface area contributed by atoms with E-state index < -0.39 is 18.4 Å². The van der Waals surface area contributed by atoms with Gasteiger partial charge in [0, 0.05) is 6.54 Å². The summed E-state index contributed by atoms with van der Waals surface area (Å²) in [5.74, 6) is 1.80. The van der Waals surface area contributed by atoms with Crippen molar-refractivity contribution >= 4 is 29.9 Å². The fraction of sp³-hybridized carbons (Fsp3) is 0.450. The summed E-state index contributed by atoms with van der Waals surface area (Å²) in [4.78, 5) is 4.43. The molecule has 2 rings (SSSR count). The number of alkyl halides is 3. The van der Waals surface area contributed by atoms with Crippen molar-refractivity contribution in [3.63, 3.8) is 0 Å². The Kier molecular flexibility index (Phi) is 9.95. The van der Waals surface area contributed by atoms with E-state index in [2.05, 4.69) is 20.4 Å². The van der Waals surface area contributed by atoms with Gasteiger partial charge in [-0.2, -0.15) is 13.2 Å². The second-order valence-electron chi connectivity index (χ2n) is 6.78. The Morgan fingerprint density at radius 2 is 1.80 bits per heavy atom. The highest BCUT2D eigenvalue weighted by atomic mass is 127. The fourth-order valence-electron chi connectivity index (χ4n) is 2.44. The number of nitrogens with zero attached hydrogens (tertiary/aromatic N) is 1. The number of aryl methyl sites for hydroxylation is 1. The third-order valence-electron chi connectivity index (χ3n) is 3.96. The average Bonchev–Trinajstić information content (AvgIpc) is 3.10. The van der Waals surface area contributed by atoms with Crippen LogP contribution in [0.15, 0.2) is 45.8 Å². The number of aliphatic hydroxyl groups is 1. The number of aliphatic imine (C=N–C) groups is 1. The molecule has 0 fully saturated rings. The molecule has 30 heavy (non-hydrogen) atoms. The highest BCUT2D eigenvalue weighted by molar-refractivity contribution is 14.0. The Hall–Kier alpha value is -1.95. The highest BCUT2D eigenvalue weighted by Crippen LogP contribution is 2.22. The summed E-state index contributed by atoms with van der Waals surface area (Å²) < 4.78 is 46.7. The van der Waals surface area contributed by atoms with E-state index in [9.17, 15) is 18.3 Å². The summed E-state index contributed by atoms with van der Waals surface area (Å²) in [6.07, 6.45) is -4.37. The molecular formula is C20H27F3IN3O3. The molecule has 0 aliphatic rings. The molecule has 1 atom stereocenters. The van der Waals surface area contributed by atoms with Crippen molar-refractivity contribution in [3.8, 4) is 5.75 Å². The van der Waals surface area contributed by atoms with Crippen LogP contribution in [0.3, 0.4) is 0 Å². The van der Waals surface area contributed by atoms with Crippen LogP contribution in [-0.2, 0) is 12.1 Å². The van der Waals surface area contributed by atoms with Crippen LogP contribution in [-0.4, -0.2) is 36.9 Å². The van der Waals surface area contributed by atoms with E-state index in [4.69, 9.17) is 4.42 Å². The van der Waals surface area contributed by atoms with E-state index in [-0.39, 0.29) is 36.3 Å². The Morgan fingerprint density at radius 3 is 2.33 bits per heavy atom. The maximum Gasteiger partial charge on any atom is 0.422 e. The lowest BCUT2D eigenvalue weighted by Gasteiger charge is -2.22. The van der Waals surface area contributed by atoms with Crippen molar-refractivity contribution in [2.45, 2.75) is 39.1 Å². The molecule has 2 aromatic rings. The van der Waals surface area contributed by atoms with Crippen molar-refractivity contribution in [1.29, 1.82) is 0 Å². The minimum atomic E-state index is -4.37. The van der Waals surface area contributed by atoms with Crippen LogP contribution in [0.4, 0.5) is 13.2 Å². The van der Waals surface area contributed by atoms with Gasteiger partial charge in [-0.25, -0.2) is 4.99 Å². The molecule has 0 amide bonds. The van der Waals surface area contributed by atoms with E-state index in [0.29, 0.717) is 30.6 Å². The first-order valence-electron chi connectivity index (χ1n) is 9.19. The van der Waals surface area contributed by atoms with Crippen molar-refractivity contribution in [2.24, 2.45) is 4.99 Å². The van der Waals surface area contributed by atoms with Crippen molar-refractivity contribution < 1.29 is 27.4 Å². The second-order valence-corrected chi connectivity index (χ2v) is 6.78. The molecule has 0 aliphatic carbocycles. The van der Waals surface area contributed by atoms with E-state index in [0.717, 1.165) is 5.56 Å². The Balaban J connectivity index is 0.00000450. The number of benzene rings is 1. The zero-order chi connectivity index (χ0) is 21.5. The maximum absolute atomic E-state index is 12.2. The quantitative estimate of drug-likeness (QED) is 0.267. The Labute approximate surface area is 190 Å². The van der Waals surface area contributed by atoms with Gasteiger partial charge in [0.1, 0.15) is 22.9 Å². The minimum Gasteiger partial charge on any atom is -0.484 e. The minimum absolute atomic E-state index is 0. The molecule has 0 saturated heterocycles. The molecule has 0 radical (unpaired) electrons. The van der Waals surface area contributed by atoms with Gasteiger partial charge in [0.15, 0.2) is 12.6 Å². The number of ether oxygens (including phenoxy) is 1. The molecule has 1 heterocycles. The predicted molar refractivity (Wildman–Crippen MR) is 119 cm³/mol. The molecule has 0 saturated carbocycles. The standard InChI is InChI=1S/C20H26F3N3O3.HI/c1-4-24-18(26-12-19(3,27)17-10-5-14(2)29-17)25-11-15-6-8-16(9-7-15)28-13-20(21,22)23;/h5-10,27H,4,11-13H2,1-3H3,(H2,24,25,26);1H. The van der Waals surface area contributed by atoms with Crippen LogP contribution in [0.2, 0.25) is 0 Å². The van der Waals surface area contributed by atoms with Gasteiger partial charge in [-0.05, 0) is 50.6 Å². The summed E-state index contributed by atoms with van der Waals surface area (Å²) in [5.41, 5.74) is -0.419. The molecule has 3 N–H and O–H groups in total. The van der Waals surface area contributed by atoms with Gasteiger partial charge in [0.25, 0.3) is 0 Å². The van der Waals surface area contributed by atoms with Crippen molar-refractivity contribution in [3.05, 3.63) is 53.5 Å². The number of halogens is 4. The molecule has 0 spiro atoms. The fourth-order valence-corrected chi connectivity index (χ4v) is 2.44. The van der Waals surface area contributed by atoms with Crippen LogP contribution < -0.4 is 15.4 Å². The summed E-state index contributed by atoms with van der Waals surface area (Å²) in [5, 5.41) is 16.8. The smallest absolute Gasteiger partial charge is 0.422 e. The maximum atomic E-state index is 12.2. The monoisotopic (exact) mass is 541 g/mol. The normalized spacial score (nSPS) is 13.9. The van der Waals surface area contributed by atoms with Gasteiger partial charge in [-0.3, -0.25) is 0 Å². The van der Waals surface area contributed by atoms with Crippen molar-refractivity contribution in [1.82, 2.24) is 10.6 Å². The molecular weight excluding hydrogens is 514 g/mol. The zero-order valence-electron chi connectivity index (χ0n) is 17.0. The van der Waals surface area contributed by atoms with Crippen molar-refractivity contribution in [2.75, 3.05) is 19.7 Å². The first-order valence-corrected chi connectivity index (χ1v) is 9.19. The number of furan rings is 1. The lowest BCUT2D eigenvalue weighted by atomic mass is 10.0. The van der Waals surface area contributed by atoms with Crippen LogP contribution >= 0.6 is 24.0 Å². The number of hydrogen-bond donors (Lipinski definition) is 3. The summed E-state index contributed by atoms with van der Waals surface area (Å²) >= 11 is 0. The van der Waals surface area contributed by atoms with E-state index >= 15 is 0 Å². The Bertz CT molecular complexity index is 806. The molecule has 1 unspecified atom stereocenters. The van der Waals surface area contributed by atoms with E-state index in [1.54, 1.807) is 38.1 Å². The summed E-state index contributed by atoms with van der Waals surface area (Å²) in [6.45, 7) is 5.14. The zero-order valence-corrected chi connectivity index (χ0v) is 19.4. The second kappa shape index (κ2) is 11.4. The molecule has 168 valence electrons. The highest BCUT2D eigenvalue weighted by Gasteiger charge is 2.28. The molecule has 0 bridgehead atoms. The van der Waals surface area contributed by atoms with E-state index in [1.165, 1.54) is 12.1 Å². The van der Waals surface area contributed by atoms with Gasteiger partial charge in [-0.1, -0.05) is 12.1 Å². The third kappa shape index (κ3) is 8.82. The number of rotatable bonds is 8. The first kappa shape index (κ1) is 26.1. The Morgan fingerprint density at radius 1 is 1.13 bits per heavy atom. The molecule has 1 aromatic heterocycles. The average molecular weight is 541 g/mol. The SMILES string of the molecule is CCNC(=NCc1ccc(OCC(F)(F)F)cc1)NCC(C)(O)c1ccc(C)o1.I. The molecule has 10 heteroatoms. The van der Waals surface area contributed by atoms with E-state index in [1.807, 2.05) is 6.92 Å². The van der Waals surface area contributed by atoms with Crippen LogP contribution in [0.5, 0.6) is 5.75 Å². The summed E-state index contributed by atoms with van der Waals surface area (Å²) in [7, 11) is 0. The van der Waals surface area contributed by atoms with Gasteiger partial charge < -0.3 is 24.9 Å². The first-order chi connectivity index (χ1) is 13.6. The summed E-state index contributed by atoms with van der Waals surface area (Å²) in [6, 6.07) is 9.76. The van der Waals surface area contributed by atoms with Gasteiger partial charge in [0.2, 0.25) is 0 Å². The van der Waals surface area contributed by atoms with Crippen LogP contribution in [0.1, 0.15) is 30.9 Å². The molecule has 0 aliphatic heterocycles. The lowest BCUT2D eigenvalue weighted by Crippen LogP contribution is -2.44. The number of guanidine groups is 1. The van der Waals surface area contributed by atoms with Gasteiger partial charge in [0.05, 0.1) is 13.1 Å². The number of nitrogens with one attached hydrogen (secondary N) is 2.